The van der Waals surface area contributed by atoms with Gasteiger partial charge in [-0.2, -0.15) is 0 Å². The van der Waals surface area contributed by atoms with Crippen LogP contribution in [0.3, 0.4) is 0 Å². The molecule has 1 heterocycles. The largest absolute Gasteiger partial charge is 0.373 e. The van der Waals surface area contributed by atoms with Crippen molar-refractivity contribution in [3.63, 3.8) is 0 Å². The molecule has 5 heteroatoms. The number of hydrogen-bond donors (Lipinski definition) is 2. The van der Waals surface area contributed by atoms with Crippen molar-refractivity contribution in [2.45, 2.75) is 50.7 Å². The van der Waals surface area contributed by atoms with E-state index in [4.69, 9.17) is 4.74 Å². The SMILES string of the molecule is CCNC(=NCC1(C)CCCO1)NC1CC1c1ccccc1F. The second-order valence-electron chi connectivity index (χ2n) is 6.71. The molecule has 0 aromatic heterocycles. The predicted molar refractivity (Wildman–Crippen MR) is 90.3 cm³/mol. The molecule has 1 aromatic carbocycles. The standard InChI is InChI=1S/C18H26FN3O/c1-3-20-17(21-12-18(2)9-6-10-23-18)22-16-11-14(16)13-7-4-5-8-15(13)19/h4-5,7-8,14,16H,3,6,9-12H2,1-2H3,(H2,20,21,22). The first-order chi connectivity index (χ1) is 11.1. The van der Waals surface area contributed by atoms with Crippen LogP contribution in [-0.4, -0.2) is 37.3 Å². The van der Waals surface area contributed by atoms with Crippen molar-refractivity contribution in [3.05, 3.63) is 35.6 Å². The van der Waals surface area contributed by atoms with Crippen LogP contribution in [0, 0.1) is 5.82 Å². The molecule has 0 bridgehead atoms. The molecule has 1 aliphatic heterocycles. The maximum absolute atomic E-state index is 13.9. The van der Waals surface area contributed by atoms with Crippen molar-refractivity contribution in [2.24, 2.45) is 4.99 Å². The van der Waals surface area contributed by atoms with E-state index < -0.39 is 0 Å². The van der Waals surface area contributed by atoms with Crippen molar-refractivity contribution in [2.75, 3.05) is 19.7 Å². The average Bonchev–Trinajstić information content (AvgIpc) is 3.16. The number of halogens is 1. The number of guanidine groups is 1. The molecule has 3 atom stereocenters. The minimum absolute atomic E-state index is 0.115. The summed E-state index contributed by atoms with van der Waals surface area (Å²) in [5.41, 5.74) is 0.656. The molecule has 1 saturated carbocycles. The third-order valence-corrected chi connectivity index (χ3v) is 4.63. The molecule has 1 saturated heterocycles. The van der Waals surface area contributed by atoms with Gasteiger partial charge in [0.05, 0.1) is 12.1 Å². The highest BCUT2D eigenvalue weighted by atomic mass is 19.1. The van der Waals surface area contributed by atoms with Crippen LogP contribution in [0.2, 0.25) is 0 Å². The Labute approximate surface area is 137 Å². The van der Waals surface area contributed by atoms with Crippen LogP contribution in [0.15, 0.2) is 29.3 Å². The monoisotopic (exact) mass is 319 g/mol. The smallest absolute Gasteiger partial charge is 0.191 e. The summed E-state index contributed by atoms with van der Waals surface area (Å²) in [7, 11) is 0. The lowest BCUT2D eigenvalue weighted by Crippen LogP contribution is -2.40. The van der Waals surface area contributed by atoms with Crippen molar-refractivity contribution in [1.82, 2.24) is 10.6 Å². The molecule has 0 spiro atoms. The lowest BCUT2D eigenvalue weighted by molar-refractivity contribution is 0.0283. The number of ether oxygens (including phenoxy) is 1. The summed E-state index contributed by atoms with van der Waals surface area (Å²) in [5, 5.41) is 6.70. The van der Waals surface area contributed by atoms with Crippen LogP contribution in [-0.2, 0) is 4.74 Å². The molecule has 0 radical (unpaired) electrons. The van der Waals surface area contributed by atoms with Crippen molar-refractivity contribution < 1.29 is 9.13 Å². The zero-order valence-electron chi connectivity index (χ0n) is 13.9. The lowest BCUT2D eigenvalue weighted by atomic mass is 10.0. The Morgan fingerprint density at radius 2 is 2.26 bits per heavy atom. The minimum atomic E-state index is -0.142. The highest BCUT2D eigenvalue weighted by Crippen LogP contribution is 2.41. The summed E-state index contributed by atoms with van der Waals surface area (Å²) in [6.07, 6.45) is 3.10. The molecule has 4 nitrogen and oxygen atoms in total. The van der Waals surface area contributed by atoms with Crippen LogP contribution in [0.5, 0.6) is 0 Å². The Morgan fingerprint density at radius 1 is 1.43 bits per heavy atom. The molecule has 23 heavy (non-hydrogen) atoms. The molecular formula is C18H26FN3O. The van der Waals surface area contributed by atoms with E-state index in [1.54, 1.807) is 6.07 Å². The molecule has 3 unspecified atom stereocenters. The molecule has 126 valence electrons. The van der Waals surface area contributed by atoms with Crippen molar-refractivity contribution >= 4 is 5.96 Å². The fraction of sp³-hybridized carbons (Fsp3) is 0.611. The number of rotatable bonds is 5. The second kappa shape index (κ2) is 6.87. The maximum Gasteiger partial charge on any atom is 0.191 e. The molecular weight excluding hydrogens is 293 g/mol. The summed E-state index contributed by atoms with van der Waals surface area (Å²) in [6, 6.07) is 7.28. The third kappa shape index (κ3) is 4.02. The van der Waals surface area contributed by atoms with E-state index >= 15 is 0 Å². The van der Waals surface area contributed by atoms with Crippen LogP contribution in [0.25, 0.3) is 0 Å². The van der Waals surface area contributed by atoms with Gasteiger partial charge in [0, 0.05) is 25.1 Å². The normalized spacial score (nSPS) is 30.3. The van der Waals surface area contributed by atoms with E-state index in [2.05, 4.69) is 22.5 Å². The van der Waals surface area contributed by atoms with Crippen molar-refractivity contribution in [3.8, 4) is 0 Å². The van der Waals surface area contributed by atoms with Crippen molar-refractivity contribution in [1.29, 1.82) is 0 Å². The van der Waals surface area contributed by atoms with E-state index in [1.807, 2.05) is 19.1 Å². The van der Waals surface area contributed by atoms with Gasteiger partial charge in [-0.3, -0.25) is 4.99 Å². The van der Waals surface area contributed by atoms with E-state index in [9.17, 15) is 4.39 Å². The topological polar surface area (TPSA) is 45.7 Å². The first-order valence-electron chi connectivity index (χ1n) is 8.54. The molecule has 3 rings (SSSR count). The zero-order chi connectivity index (χ0) is 16.3. The second-order valence-corrected chi connectivity index (χ2v) is 6.71. The van der Waals surface area contributed by atoms with Gasteiger partial charge >= 0.3 is 0 Å². The van der Waals surface area contributed by atoms with Crippen LogP contribution in [0.4, 0.5) is 4.39 Å². The highest BCUT2D eigenvalue weighted by molar-refractivity contribution is 5.80. The Hall–Kier alpha value is -1.62. The summed E-state index contributed by atoms with van der Waals surface area (Å²) in [6.45, 7) is 6.45. The van der Waals surface area contributed by atoms with Gasteiger partial charge in [-0.1, -0.05) is 18.2 Å². The van der Waals surface area contributed by atoms with Gasteiger partial charge in [-0.25, -0.2) is 4.39 Å². The Kier molecular flexibility index (Phi) is 4.85. The number of nitrogens with one attached hydrogen (secondary N) is 2. The summed E-state index contributed by atoms with van der Waals surface area (Å²) in [5.74, 6) is 0.919. The number of aliphatic imine (C=N–C) groups is 1. The molecule has 0 amide bonds. The molecule has 2 aliphatic rings. The van der Waals surface area contributed by atoms with E-state index in [1.165, 1.54) is 6.07 Å². The maximum atomic E-state index is 13.9. The van der Waals surface area contributed by atoms with Gasteiger partial charge in [0.15, 0.2) is 5.96 Å². The molecule has 1 aromatic rings. The van der Waals surface area contributed by atoms with E-state index in [0.29, 0.717) is 6.54 Å². The minimum Gasteiger partial charge on any atom is -0.373 e. The Morgan fingerprint density at radius 3 is 2.96 bits per heavy atom. The fourth-order valence-corrected chi connectivity index (χ4v) is 3.18. The summed E-state index contributed by atoms with van der Waals surface area (Å²) in [4.78, 5) is 4.67. The van der Waals surface area contributed by atoms with E-state index in [-0.39, 0.29) is 23.4 Å². The molecule has 2 N–H and O–H groups in total. The number of hydrogen-bond acceptors (Lipinski definition) is 2. The zero-order valence-corrected chi connectivity index (χ0v) is 13.9. The van der Waals surface area contributed by atoms with Crippen LogP contribution >= 0.6 is 0 Å². The highest BCUT2D eigenvalue weighted by Gasteiger charge is 2.40. The first kappa shape index (κ1) is 16.2. The Balaban J connectivity index is 1.59. The van der Waals surface area contributed by atoms with E-state index in [0.717, 1.165) is 43.9 Å². The van der Waals surface area contributed by atoms with Gasteiger partial charge in [-0.15, -0.1) is 0 Å². The van der Waals surface area contributed by atoms with Gasteiger partial charge in [0.25, 0.3) is 0 Å². The quantitative estimate of drug-likeness (QED) is 0.648. The third-order valence-electron chi connectivity index (χ3n) is 4.63. The predicted octanol–water partition coefficient (Wildman–Crippen LogP) is 2.81. The Bertz CT molecular complexity index is 569. The lowest BCUT2D eigenvalue weighted by Gasteiger charge is -2.21. The summed E-state index contributed by atoms with van der Waals surface area (Å²) < 4.78 is 19.6. The first-order valence-corrected chi connectivity index (χ1v) is 8.54. The average molecular weight is 319 g/mol. The molecule has 2 fully saturated rings. The van der Waals surface area contributed by atoms with Crippen LogP contribution < -0.4 is 10.6 Å². The fourth-order valence-electron chi connectivity index (χ4n) is 3.18. The van der Waals surface area contributed by atoms with Crippen LogP contribution in [0.1, 0.15) is 44.6 Å². The molecule has 1 aliphatic carbocycles. The van der Waals surface area contributed by atoms with Gasteiger partial charge < -0.3 is 15.4 Å². The van der Waals surface area contributed by atoms with Gasteiger partial charge in [0.2, 0.25) is 0 Å². The number of nitrogens with zero attached hydrogens (tertiary/aromatic N) is 1. The number of benzene rings is 1. The van der Waals surface area contributed by atoms with Gasteiger partial charge in [-0.05, 0) is 44.7 Å². The summed E-state index contributed by atoms with van der Waals surface area (Å²) >= 11 is 0. The van der Waals surface area contributed by atoms with Gasteiger partial charge in [0.1, 0.15) is 5.82 Å².